The topological polar surface area (TPSA) is 23.8 Å². The Labute approximate surface area is 200 Å². The number of hydrogen-bond acceptors (Lipinski definition) is 1. The molecule has 0 saturated heterocycles. The van der Waals surface area contributed by atoms with Gasteiger partial charge >= 0.3 is 0 Å². The third kappa shape index (κ3) is 5.46. The highest BCUT2D eigenvalue weighted by molar-refractivity contribution is 5.89. The van der Waals surface area contributed by atoms with Gasteiger partial charge in [-0.1, -0.05) is 82.6 Å². The third-order valence-corrected chi connectivity index (χ3v) is 7.51. The van der Waals surface area contributed by atoms with Gasteiger partial charge in [-0.2, -0.15) is 5.26 Å². The zero-order chi connectivity index (χ0) is 24.1. The maximum absolute atomic E-state index is 15.0. The molecule has 0 aliphatic heterocycles. The number of hydrogen-bond donors (Lipinski definition) is 0. The molecule has 178 valence electrons. The highest BCUT2D eigenvalue weighted by Gasteiger charge is 2.21. The first kappa shape index (κ1) is 24.3. The Morgan fingerprint density at radius 3 is 2.26 bits per heavy atom. The van der Waals surface area contributed by atoms with E-state index in [1.807, 2.05) is 6.07 Å². The van der Waals surface area contributed by atoms with Gasteiger partial charge in [0.15, 0.2) is 5.82 Å². The predicted molar refractivity (Wildman–Crippen MR) is 132 cm³/mol. The molecule has 1 fully saturated rings. The van der Waals surface area contributed by atoms with E-state index in [0.717, 1.165) is 36.3 Å². The molecule has 1 nitrogen and oxygen atoms in total. The van der Waals surface area contributed by atoms with Crippen LogP contribution in [-0.2, 0) is 6.42 Å². The first-order valence-electron chi connectivity index (χ1n) is 12.6. The van der Waals surface area contributed by atoms with Crippen molar-refractivity contribution in [1.29, 1.82) is 5.26 Å². The zero-order valence-electron chi connectivity index (χ0n) is 19.8. The normalized spacial score (nSPS) is 18.2. The fourth-order valence-electron chi connectivity index (χ4n) is 5.41. The van der Waals surface area contributed by atoms with Crippen molar-refractivity contribution in [2.45, 2.75) is 71.1 Å². The number of nitriles is 1. The summed E-state index contributed by atoms with van der Waals surface area (Å²) in [6.45, 7) is 2.25. The van der Waals surface area contributed by atoms with E-state index in [9.17, 15) is 13.2 Å². The van der Waals surface area contributed by atoms with Crippen molar-refractivity contribution < 1.29 is 13.2 Å². The molecule has 0 bridgehead atoms. The molecule has 34 heavy (non-hydrogen) atoms. The number of rotatable bonds is 8. The van der Waals surface area contributed by atoms with Gasteiger partial charge < -0.3 is 0 Å². The predicted octanol–water partition coefficient (Wildman–Crippen LogP) is 9.12. The second kappa shape index (κ2) is 11.1. The third-order valence-electron chi connectivity index (χ3n) is 7.51. The van der Waals surface area contributed by atoms with E-state index in [1.165, 1.54) is 57.4 Å². The van der Waals surface area contributed by atoms with Crippen LogP contribution in [0.3, 0.4) is 0 Å². The molecule has 0 N–H and O–H groups in total. The van der Waals surface area contributed by atoms with Gasteiger partial charge in [0.1, 0.15) is 23.3 Å². The van der Waals surface area contributed by atoms with Crippen molar-refractivity contribution in [2.24, 2.45) is 11.8 Å². The number of fused-ring (bicyclic) bond motifs is 1. The molecule has 1 aliphatic rings. The smallest absolute Gasteiger partial charge is 0.151 e. The Hall–Kier alpha value is -2.80. The number of benzene rings is 3. The van der Waals surface area contributed by atoms with E-state index >= 15 is 0 Å². The molecule has 3 aromatic carbocycles. The molecule has 3 aromatic rings. The molecule has 0 amide bonds. The van der Waals surface area contributed by atoms with E-state index < -0.39 is 17.2 Å². The van der Waals surface area contributed by atoms with E-state index in [-0.39, 0.29) is 11.2 Å². The van der Waals surface area contributed by atoms with Crippen molar-refractivity contribution in [2.75, 3.05) is 0 Å². The number of nitrogens with zero attached hydrogens (tertiary/aromatic N) is 1. The minimum Gasteiger partial charge on any atom is -0.206 e. The molecule has 4 rings (SSSR count). The van der Waals surface area contributed by atoms with Crippen LogP contribution >= 0.6 is 0 Å². The molecule has 0 spiro atoms. The van der Waals surface area contributed by atoms with Crippen LogP contribution < -0.4 is 0 Å². The molecular weight excluding hydrogens is 431 g/mol. The van der Waals surface area contributed by atoms with Gasteiger partial charge in [0, 0.05) is 10.9 Å². The van der Waals surface area contributed by atoms with Gasteiger partial charge in [0.2, 0.25) is 0 Å². The summed E-state index contributed by atoms with van der Waals surface area (Å²) < 4.78 is 43.4. The summed E-state index contributed by atoms with van der Waals surface area (Å²) in [6, 6.07) is 12.7. The highest BCUT2D eigenvalue weighted by Crippen LogP contribution is 2.35. The monoisotopic (exact) mass is 463 g/mol. The van der Waals surface area contributed by atoms with Crippen molar-refractivity contribution in [3.8, 4) is 17.2 Å². The molecule has 0 heterocycles. The summed E-state index contributed by atoms with van der Waals surface area (Å²) in [5, 5.41) is 9.41. The minimum atomic E-state index is -0.907. The fraction of sp³-hybridized carbons (Fsp3) is 0.433. The fourth-order valence-corrected chi connectivity index (χ4v) is 5.41. The average Bonchev–Trinajstić information content (AvgIpc) is 2.84. The van der Waals surface area contributed by atoms with Crippen LogP contribution in [0.4, 0.5) is 13.2 Å². The molecule has 0 aromatic heterocycles. The van der Waals surface area contributed by atoms with Gasteiger partial charge in [-0.15, -0.1) is 0 Å². The Balaban J connectivity index is 1.40. The maximum atomic E-state index is 15.0. The molecule has 0 radical (unpaired) electrons. The van der Waals surface area contributed by atoms with Crippen LogP contribution in [0.1, 0.15) is 75.8 Å². The maximum Gasteiger partial charge on any atom is 0.151 e. The molecular formula is C30H32F3N. The summed E-state index contributed by atoms with van der Waals surface area (Å²) in [4.78, 5) is 0. The lowest BCUT2D eigenvalue weighted by molar-refractivity contribution is 0.249. The molecule has 0 unspecified atom stereocenters. The molecule has 4 heteroatoms. The second-order valence-electron chi connectivity index (χ2n) is 9.83. The average molecular weight is 464 g/mol. The zero-order valence-corrected chi connectivity index (χ0v) is 19.8. The van der Waals surface area contributed by atoms with Crippen LogP contribution in [0.5, 0.6) is 0 Å². The Kier molecular flexibility index (Phi) is 7.93. The van der Waals surface area contributed by atoms with Crippen LogP contribution in [0.15, 0.2) is 42.5 Å². The first-order chi connectivity index (χ1) is 16.5. The molecule has 0 atom stereocenters. The SMILES string of the molecule is CCCCCC1CCC(CCc2ccc(-c3ccc4c(F)c(C#N)c(F)cc4c3)c(F)c2)CC1. The summed E-state index contributed by atoms with van der Waals surface area (Å²) in [5.74, 6) is -0.486. The van der Waals surface area contributed by atoms with Gasteiger partial charge in [-0.05, 0) is 59.4 Å². The van der Waals surface area contributed by atoms with Gasteiger partial charge in [-0.3, -0.25) is 0 Å². The Morgan fingerprint density at radius 2 is 1.59 bits per heavy atom. The van der Waals surface area contributed by atoms with Crippen molar-refractivity contribution in [3.63, 3.8) is 0 Å². The highest BCUT2D eigenvalue weighted by atomic mass is 19.1. The van der Waals surface area contributed by atoms with E-state index in [0.29, 0.717) is 16.5 Å². The quantitative estimate of drug-likeness (QED) is 0.306. The van der Waals surface area contributed by atoms with E-state index in [4.69, 9.17) is 5.26 Å². The first-order valence-corrected chi connectivity index (χ1v) is 12.6. The van der Waals surface area contributed by atoms with Crippen molar-refractivity contribution >= 4 is 10.8 Å². The summed E-state index contributed by atoms with van der Waals surface area (Å²) in [6.07, 6.45) is 12.6. The van der Waals surface area contributed by atoms with Crippen molar-refractivity contribution in [1.82, 2.24) is 0 Å². The lowest BCUT2D eigenvalue weighted by atomic mass is 9.78. The van der Waals surface area contributed by atoms with Crippen molar-refractivity contribution in [3.05, 3.63) is 71.0 Å². The summed E-state index contributed by atoms with van der Waals surface area (Å²) >= 11 is 0. The minimum absolute atomic E-state index is 0.152. The lowest BCUT2D eigenvalue weighted by Crippen LogP contribution is -2.15. The van der Waals surface area contributed by atoms with Crippen LogP contribution in [0, 0.1) is 40.6 Å². The second-order valence-corrected chi connectivity index (χ2v) is 9.83. The van der Waals surface area contributed by atoms with Gasteiger partial charge in [-0.25, -0.2) is 13.2 Å². The van der Waals surface area contributed by atoms with Crippen LogP contribution in [0.25, 0.3) is 21.9 Å². The molecule has 1 aliphatic carbocycles. The van der Waals surface area contributed by atoms with Crippen LogP contribution in [-0.4, -0.2) is 0 Å². The van der Waals surface area contributed by atoms with E-state index in [1.54, 1.807) is 30.3 Å². The largest absolute Gasteiger partial charge is 0.206 e. The van der Waals surface area contributed by atoms with E-state index in [2.05, 4.69) is 6.92 Å². The summed E-state index contributed by atoms with van der Waals surface area (Å²) in [7, 11) is 0. The lowest BCUT2D eigenvalue weighted by Gasteiger charge is -2.28. The van der Waals surface area contributed by atoms with Gasteiger partial charge in [0.25, 0.3) is 0 Å². The number of unbranched alkanes of at least 4 members (excludes halogenated alkanes) is 2. The Bertz CT molecular complexity index is 1190. The summed E-state index contributed by atoms with van der Waals surface area (Å²) in [5.41, 5.74) is 1.36. The van der Waals surface area contributed by atoms with Gasteiger partial charge in [0.05, 0.1) is 0 Å². The Morgan fingerprint density at radius 1 is 0.853 bits per heavy atom. The number of aryl methyl sites for hydroxylation is 1. The molecule has 1 saturated carbocycles. The van der Waals surface area contributed by atoms with Crippen LogP contribution in [0.2, 0.25) is 0 Å². The number of halogens is 3. The standard InChI is InChI=1S/C30H32F3N/c1-2-3-4-5-20-6-8-21(9-7-20)10-11-22-12-14-25(28(31)16-22)23-13-15-26-24(17-23)18-29(32)27(19-34)30(26)33/h12-18,20-21H,2-11H2,1H3.